The molecule has 0 amide bonds. The number of nitrogens with one attached hydrogen (secondary N) is 1. The summed E-state index contributed by atoms with van der Waals surface area (Å²) < 4.78 is 1.65. The molecule has 1 aromatic carbocycles. The maximum Gasteiger partial charge on any atom is 0.165 e. The minimum atomic E-state index is -0.172. The highest BCUT2D eigenvalue weighted by molar-refractivity contribution is 5.99. The van der Waals surface area contributed by atoms with E-state index < -0.39 is 0 Å². The van der Waals surface area contributed by atoms with E-state index in [1.807, 2.05) is 45.9 Å². The lowest BCUT2D eigenvalue weighted by atomic mass is 9.73. The van der Waals surface area contributed by atoms with Crippen LogP contribution in [0, 0.1) is 36.0 Å². The van der Waals surface area contributed by atoms with Crippen LogP contribution in [0.5, 0.6) is 0 Å². The van der Waals surface area contributed by atoms with Crippen molar-refractivity contribution in [2.75, 3.05) is 0 Å². The second kappa shape index (κ2) is 5.45. The highest BCUT2D eigenvalue weighted by Gasteiger charge is 2.33. The summed E-state index contributed by atoms with van der Waals surface area (Å²) in [6.07, 6.45) is 2.85. The minimum Gasteiger partial charge on any atom is -0.300 e. The van der Waals surface area contributed by atoms with Gasteiger partial charge in [0.25, 0.3) is 0 Å². The molecular weight excluding hydrogens is 298 g/mol. The van der Waals surface area contributed by atoms with Gasteiger partial charge in [-0.25, -0.2) is 0 Å². The van der Waals surface area contributed by atoms with Crippen LogP contribution >= 0.6 is 0 Å². The van der Waals surface area contributed by atoms with Crippen molar-refractivity contribution in [3.63, 3.8) is 0 Å². The van der Waals surface area contributed by atoms with Crippen molar-refractivity contribution in [3.05, 3.63) is 57.7 Å². The quantitative estimate of drug-likeness (QED) is 0.872. The molecule has 0 fully saturated rings. The Kier molecular flexibility index (Phi) is 3.68. The molecule has 0 bridgehead atoms. The molecule has 0 saturated carbocycles. The van der Waals surface area contributed by atoms with Crippen LogP contribution in [0.1, 0.15) is 52.9 Å². The zero-order valence-corrected chi connectivity index (χ0v) is 14.5. The Hall–Kier alpha value is -2.67. The summed E-state index contributed by atoms with van der Waals surface area (Å²) in [5.41, 5.74) is 4.68. The summed E-state index contributed by atoms with van der Waals surface area (Å²) >= 11 is 0. The minimum absolute atomic E-state index is 0.0512. The molecule has 122 valence electrons. The van der Waals surface area contributed by atoms with Gasteiger partial charge in [-0.05, 0) is 54.5 Å². The number of benzene rings is 1. The highest BCUT2D eigenvalue weighted by Crippen LogP contribution is 2.35. The Morgan fingerprint density at radius 2 is 1.92 bits per heavy atom. The Balaban J connectivity index is 2.30. The standard InChI is InChI=1S/C20H21N3O/c1-12-5-6-14(7-13(12)2)23-11-17-15(16(10-21)19(23)22)8-20(3,4)9-18(17)24/h5-7,11,22H,8-9H2,1-4H3. The SMILES string of the molecule is Cc1ccc(-n2cc3c(c(C#N)c2=N)CC(C)(C)CC3=O)cc1C. The van der Waals surface area contributed by atoms with E-state index in [-0.39, 0.29) is 16.7 Å². The molecule has 2 aromatic rings. The molecule has 1 heterocycles. The number of nitrogens with zero attached hydrogens (tertiary/aromatic N) is 2. The maximum absolute atomic E-state index is 12.6. The van der Waals surface area contributed by atoms with E-state index in [4.69, 9.17) is 5.41 Å². The Morgan fingerprint density at radius 1 is 1.21 bits per heavy atom. The van der Waals surface area contributed by atoms with Gasteiger partial charge in [0.15, 0.2) is 5.78 Å². The number of hydrogen-bond donors (Lipinski definition) is 1. The van der Waals surface area contributed by atoms with Crippen molar-refractivity contribution >= 4 is 5.78 Å². The molecule has 0 radical (unpaired) electrons. The molecule has 1 aliphatic carbocycles. The van der Waals surface area contributed by atoms with Crippen LogP contribution in [0.2, 0.25) is 0 Å². The fourth-order valence-corrected chi connectivity index (χ4v) is 3.36. The number of rotatable bonds is 1. The Labute approximate surface area is 141 Å². The maximum atomic E-state index is 12.6. The molecule has 1 N–H and O–H groups in total. The van der Waals surface area contributed by atoms with Crippen molar-refractivity contribution in [3.8, 4) is 11.8 Å². The van der Waals surface area contributed by atoms with Crippen LogP contribution in [-0.2, 0) is 6.42 Å². The number of carbonyl (C=O) groups excluding carboxylic acids is 1. The smallest absolute Gasteiger partial charge is 0.165 e. The number of ketones is 1. The predicted octanol–water partition coefficient (Wildman–Crippen LogP) is 3.60. The summed E-state index contributed by atoms with van der Waals surface area (Å²) in [5.74, 6) is 0.0512. The van der Waals surface area contributed by atoms with Crippen molar-refractivity contribution in [1.82, 2.24) is 4.57 Å². The number of aromatic nitrogens is 1. The third-order valence-corrected chi connectivity index (χ3v) is 4.84. The molecule has 0 spiro atoms. The third-order valence-electron chi connectivity index (χ3n) is 4.84. The van der Waals surface area contributed by atoms with Crippen molar-refractivity contribution in [1.29, 1.82) is 10.7 Å². The summed E-state index contributed by atoms with van der Waals surface area (Å²) in [5, 5.41) is 18.1. The number of nitriles is 1. The van der Waals surface area contributed by atoms with Crippen LogP contribution in [0.4, 0.5) is 0 Å². The van der Waals surface area contributed by atoms with Gasteiger partial charge in [-0.2, -0.15) is 5.26 Å². The molecule has 0 aliphatic heterocycles. The van der Waals surface area contributed by atoms with E-state index in [9.17, 15) is 10.1 Å². The molecule has 4 heteroatoms. The van der Waals surface area contributed by atoms with E-state index in [0.29, 0.717) is 24.0 Å². The first-order valence-electron chi connectivity index (χ1n) is 8.07. The third kappa shape index (κ3) is 2.56. The molecule has 0 saturated heterocycles. The zero-order valence-electron chi connectivity index (χ0n) is 14.5. The summed E-state index contributed by atoms with van der Waals surface area (Å²) in [7, 11) is 0. The van der Waals surface area contributed by atoms with Gasteiger partial charge in [0.05, 0.1) is 5.56 Å². The molecule has 4 nitrogen and oxygen atoms in total. The van der Waals surface area contributed by atoms with Crippen molar-refractivity contribution in [2.24, 2.45) is 5.41 Å². The van der Waals surface area contributed by atoms with Gasteiger partial charge >= 0.3 is 0 Å². The van der Waals surface area contributed by atoms with Gasteiger partial charge in [0.1, 0.15) is 11.6 Å². The first-order chi connectivity index (χ1) is 11.2. The summed E-state index contributed by atoms with van der Waals surface area (Å²) in [4.78, 5) is 12.6. The average Bonchev–Trinajstić information content (AvgIpc) is 2.49. The molecule has 1 aliphatic rings. The van der Waals surface area contributed by atoms with E-state index in [1.54, 1.807) is 10.8 Å². The molecule has 0 atom stereocenters. The highest BCUT2D eigenvalue weighted by atomic mass is 16.1. The number of hydrogen-bond acceptors (Lipinski definition) is 3. The van der Waals surface area contributed by atoms with Gasteiger partial charge in [-0.15, -0.1) is 0 Å². The normalized spacial score (nSPS) is 15.7. The fourth-order valence-electron chi connectivity index (χ4n) is 3.36. The first kappa shape index (κ1) is 16.2. The molecule has 3 rings (SSSR count). The lowest BCUT2D eigenvalue weighted by Gasteiger charge is -2.31. The summed E-state index contributed by atoms with van der Waals surface area (Å²) in [6.45, 7) is 8.11. The van der Waals surface area contributed by atoms with Gasteiger partial charge in [-0.3, -0.25) is 10.2 Å². The number of Topliss-reactive ketones (excluding diaryl/α,β-unsaturated/α-hetero) is 1. The number of pyridine rings is 1. The number of carbonyl (C=O) groups is 1. The number of fused-ring (bicyclic) bond motifs is 1. The zero-order chi connectivity index (χ0) is 17.6. The average molecular weight is 319 g/mol. The molecule has 24 heavy (non-hydrogen) atoms. The Morgan fingerprint density at radius 3 is 2.54 bits per heavy atom. The largest absolute Gasteiger partial charge is 0.300 e. The lowest BCUT2D eigenvalue weighted by molar-refractivity contribution is 0.0911. The van der Waals surface area contributed by atoms with E-state index in [0.717, 1.165) is 16.8 Å². The first-order valence-corrected chi connectivity index (χ1v) is 8.07. The lowest BCUT2D eigenvalue weighted by Crippen LogP contribution is -2.33. The molecule has 1 aromatic heterocycles. The van der Waals surface area contributed by atoms with Crippen molar-refractivity contribution < 1.29 is 4.79 Å². The fraction of sp³-hybridized carbons (Fsp3) is 0.350. The van der Waals surface area contributed by atoms with E-state index in [2.05, 4.69) is 6.07 Å². The van der Waals surface area contributed by atoms with Crippen molar-refractivity contribution in [2.45, 2.75) is 40.5 Å². The van der Waals surface area contributed by atoms with Crippen LogP contribution in [0.3, 0.4) is 0 Å². The van der Waals surface area contributed by atoms with Gasteiger partial charge in [0.2, 0.25) is 0 Å². The predicted molar refractivity (Wildman–Crippen MR) is 92.2 cm³/mol. The van der Waals surface area contributed by atoms with Crippen LogP contribution in [0.25, 0.3) is 5.69 Å². The molecular formula is C20H21N3O. The second-order valence-corrected chi connectivity index (χ2v) is 7.44. The van der Waals surface area contributed by atoms with Crippen LogP contribution in [-0.4, -0.2) is 10.4 Å². The van der Waals surface area contributed by atoms with Crippen LogP contribution in [0.15, 0.2) is 24.4 Å². The van der Waals surface area contributed by atoms with Gasteiger partial charge in [-0.1, -0.05) is 19.9 Å². The summed E-state index contributed by atoms with van der Waals surface area (Å²) in [6, 6.07) is 8.06. The monoisotopic (exact) mass is 319 g/mol. The Bertz CT molecular complexity index is 958. The topological polar surface area (TPSA) is 69.6 Å². The number of aryl methyl sites for hydroxylation is 2. The van der Waals surface area contributed by atoms with Gasteiger partial charge < -0.3 is 4.57 Å². The van der Waals surface area contributed by atoms with E-state index in [1.165, 1.54) is 5.56 Å². The van der Waals surface area contributed by atoms with E-state index >= 15 is 0 Å². The second-order valence-electron chi connectivity index (χ2n) is 7.44. The van der Waals surface area contributed by atoms with Gasteiger partial charge in [0, 0.05) is 23.9 Å². The molecule has 0 unspecified atom stereocenters. The van der Waals surface area contributed by atoms with Crippen LogP contribution < -0.4 is 5.49 Å².